The van der Waals surface area contributed by atoms with E-state index in [2.05, 4.69) is 0 Å². The van der Waals surface area contributed by atoms with Crippen molar-refractivity contribution in [3.63, 3.8) is 0 Å². The van der Waals surface area contributed by atoms with Crippen molar-refractivity contribution in [2.45, 2.75) is 25.4 Å². The Morgan fingerprint density at radius 3 is 2.18 bits per heavy atom. The van der Waals surface area contributed by atoms with Gasteiger partial charge in [0.15, 0.2) is 0 Å². The van der Waals surface area contributed by atoms with Crippen LogP contribution in [-0.4, -0.2) is 11.1 Å². The zero-order valence-electron chi connectivity index (χ0n) is 11.7. The molecule has 0 aliphatic heterocycles. The molecule has 0 aliphatic rings. The van der Waals surface area contributed by atoms with E-state index in [0.29, 0.717) is 12.8 Å². The number of aryl methyl sites for hydroxylation is 1. The van der Waals surface area contributed by atoms with E-state index in [4.69, 9.17) is 5.11 Å². The lowest BCUT2D eigenvalue weighted by Crippen LogP contribution is -2.04. The van der Waals surface area contributed by atoms with Crippen molar-refractivity contribution in [2.75, 3.05) is 0 Å². The second kappa shape index (κ2) is 6.64. The molecule has 0 spiro atoms. The lowest BCUT2D eigenvalue weighted by atomic mass is 10.00. The molecule has 0 aliphatic carbocycles. The zero-order valence-corrected chi connectivity index (χ0v) is 11.7. The van der Waals surface area contributed by atoms with E-state index in [9.17, 15) is 18.0 Å². The van der Waals surface area contributed by atoms with Gasteiger partial charge in [-0.25, -0.2) is 0 Å². The van der Waals surface area contributed by atoms with E-state index >= 15 is 0 Å². The van der Waals surface area contributed by atoms with Crippen LogP contribution in [0.5, 0.6) is 0 Å². The van der Waals surface area contributed by atoms with Crippen LogP contribution in [0.2, 0.25) is 0 Å². The Morgan fingerprint density at radius 2 is 1.59 bits per heavy atom. The maximum Gasteiger partial charge on any atom is 0.416 e. The summed E-state index contributed by atoms with van der Waals surface area (Å²) in [4.78, 5) is 10.6. The average molecular weight is 308 g/mol. The second-order valence-corrected chi connectivity index (χ2v) is 5.09. The summed E-state index contributed by atoms with van der Waals surface area (Å²) in [6.45, 7) is 0. The molecule has 2 nitrogen and oxygen atoms in total. The highest BCUT2D eigenvalue weighted by Crippen LogP contribution is 2.29. The van der Waals surface area contributed by atoms with Crippen LogP contribution in [0.4, 0.5) is 13.2 Å². The van der Waals surface area contributed by atoms with E-state index in [1.54, 1.807) is 0 Å². The summed E-state index contributed by atoms with van der Waals surface area (Å²) in [7, 11) is 0. The van der Waals surface area contributed by atoms with Gasteiger partial charge in [-0.3, -0.25) is 4.79 Å². The molecular formula is C17H15F3O2. The van der Waals surface area contributed by atoms with Crippen LogP contribution in [-0.2, 0) is 23.8 Å². The number of alkyl halides is 3. The van der Waals surface area contributed by atoms with Gasteiger partial charge in [0.1, 0.15) is 0 Å². The number of benzene rings is 2. The first-order valence-corrected chi connectivity index (χ1v) is 6.80. The Kier molecular flexibility index (Phi) is 4.85. The fraction of sp³-hybridized carbons (Fsp3) is 0.235. The molecule has 0 unspecified atom stereocenters. The summed E-state index contributed by atoms with van der Waals surface area (Å²) in [5.41, 5.74) is 1.98. The smallest absolute Gasteiger partial charge is 0.416 e. The molecule has 0 heterocycles. The van der Waals surface area contributed by atoms with Gasteiger partial charge in [-0.15, -0.1) is 0 Å². The van der Waals surface area contributed by atoms with Crippen LogP contribution in [0.3, 0.4) is 0 Å². The van der Waals surface area contributed by atoms with E-state index < -0.39 is 17.7 Å². The Bertz CT molecular complexity index is 646. The van der Waals surface area contributed by atoms with Crippen LogP contribution in [0.1, 0.15) is 28.7 Å². The molecule has 116 valence electrons. The minimum atomic E-state index is -4.32. The summed E-state index contributed by atoms with van der Waals surface area (Å²) >= 11 is 0. The first kappa shape index (κ1) is 16.1. The third kappa shape index (κ3) is 4.62. The van der Waals surface area contributed by atoms with Gasteiger partial charge >= 0.3 is 12.1 Å². The average Bonchev–Trinajstić information content (AvgIpc) is 2.45. The van der Waals surface area contributed by atoms with Gasteiger partial charge in [0.2, 0.25) is 0 Å². The van der Waals surface area contributed by atoms with E-state index in [-0.39, 0.29) is 6.42 Å². The normalized spacial score (nSPS) is 11.4. The fourth-order valence-corrected chi connectivity index (χ4v) is 2.19. The number of carboxylic acid groups (broad SMARTS) is 1. The summed E-state index contributed by atoms with van der Waals surface area (Å²) < 4.78 is 37.5. The van der Waals surface area contributed by atoms with Crippen molar-refractivity contribution in [1.82, 2.24) is 0 Å². The molecule has 5 heteroatoms. The number of carboxylic acids is 1. The van der Waals surface area contributed by atoms with Gasteiger partial charge in [0.25, 0.3) is 0 Å². The molecule has 0 saturated carbocycles. The van der Waals surface area contributed by atoms with Crippen LogP contribution in [0.15, 0.2) is 48.5 Å². The summed E-state index contributed by atoms with van der Waals surface area (Å²) in [6.07, 6.45) is -3.31. The number of halogens is 3. The van der Waals surface area contributed by atoms with E-state index in [0.717, 1.165) is 28.8 Å². The third-order valence-electron chi connectivity index (χ3n) is 3.31. The van der Waals surface area contributed by atoms with Gasteiger partial charge in [0.05, 0.1) is 5.56 Å². The summed E-state index contributed by atoms with van der Waals surface area (Å²) in [5.74, 6) is -0.854. The second-order valence-electron chi connectivity index (χ2n) is 5.09. The number of hydrogen-bond donors (Lipinski definition) is 1. The largest absolute Gasteiger partial charge is 0.481 e. The highest BCUT2D eigenvalue weighted by atomic mass is 19.4. The maximum absolute atomic E-state index is 12.5. The minimum absolute atomic E-state index is 0.0593. The fourth-order valence-electron chi connectivity index (χ4n) is 2.19. The topological polar surface area (TPSA) is 37.3 Å². The molecule has 1 N–H and O–H groups in total. The van der Waals surface area contributed by atoms with Gasteiger partial charge in [-0.2, -0.15) is 13.2 Å². The molecule has 0 aromatic heterocycles. The molecule has 2 aromatic carbocycles. The molecule has 2 rings (SSSR count). The van der Waals surface area contributed by atoms with Crippen LogP contribution in [0, 0.1) is 0 Å². The van der Waals surface area contributed by atoms with Crippen molar-refractivity contribution in [2.24, 2.45) is 0 Å². The van der Waals surface area contributed by atoms with E-state index in [1.165, 1.54) is 12.1 Å². The van der Waals surface area contributed by atoms with Crippen LogP contribution < -0.4 is 0 Å². The monoisotopic (exact) mass is 308 g/mol. The van der Waals surface area contributed by atoms with Crippen molar-refractivity contribution in [3.05, 3.63) is 70.8 Å². The molecule has 0 bridgehead atoms. The van der Waals surface area contributed by atoms with E-state index in [1.807, 2.05) is 24.3 Å². The van der Waals surface area contributed by atoms with Gasteiger partial charge in [-0.05, 0) is 41.7 Å². The SMILES string of the molecule is O=C(O)CCc1cccc(Cc2ccc(C(F)(F)F)cc2)c1. The predicted octanol–water partition coefficient (Wildman–Crippen LogP) is 4.31. The first-order chi connectivity index (χ1) is 10.3. The molecular weight excluding hydrogens is 293 g/mol. The molecule has 0 atom stereocenters. The molecule has 22 heavy (non-hydrogen) atoms. The Labute approximate surface area is 126 Å². The third-order valence-corrected chi connectivity index (χ3v) is 3.31. The van der Waals surface area contributed by atoms with Gasteiger partial charge in [-0.1, -0.05) is 36.4 Å². The minimum Gasteiger partial charge on any atom is -0.481 e. The standard InChI is InChI=1S/C17H15F3O2/c18-17(19,20)15-7-4-13(5-8-15)11-14-3-1-2-12(10-14)6-9-16(21)22/h1-5,7-8,10H,6,9,11H2,(H,21,22). The Hall–Kier alpha value is -2.30. The number of rotatable bonds is 5. The first-order valence-electron chi connectivity index (χ1n) is 6.80. The highest BCUT2D eigenvalue weighted by Gasteiger charge is 2.29. The van der Waals surface area contributed by atoms with Crippen molar-refractivity contribution in [3.8, 4) is 0 Å². The molecule has 2 aromatic rings. The van der Waals surface area contributed by atoms with Crippen molar-refractivity contribution < 1.29 is 23.1 Å². The number of hydrogen-bond acceptors (Lipinski definition) is 1. The van der Waals surface area contributed by atoms with Crippen molar-refractivity contribution >= 4 is 5.97 Å². The quantitative estimate of drug-likeness (QED) is 0.893. The highest BCUT2D eigenvalue weighted by molar-refractivity contribution is 5.67. The number of carbonyl (C=O) groups is 1. The van der Waals surface area contributed by atoms with Gasteiger partial charge < -0.3 is 5.11 Å². The lowest BCUT2D eigenvalue weighted by molar-refractivity contribution is -0.138. The summed E-state index contributed by atoms with van der Waals surface area (Å²) in [5, 5.41) is 8.68. The zero-order chi connectivity index (χ0) is 16.2. The van der Waals surface area contributed by atoms with Crippen LogP contribution >= 0.6 is 0 Å². The van der Waals surface area contributed by atoms with Crippen LogP contribution in [0.25, 0.3) is 0 Å². The lowest BCUT2D eigenvalue weighted by Gasteiger charge is -2.08. The predicted molar refractivity (Wildman–Crippen MR) is 76.6 cm³/mol. The van der Waals surface area contributed by atoms with Gasteiger partial charge in [0, 0.05) is 6.42 Å². The molecule has 0 amide bonds. The molecule has 0 saturated heterocycles. The Balaban J connectivity index is 2.07. The summed E-state index contributed by atoms with van der Waals surface area (Å²) in [6, 6.07) is 12.5. The molecule has 0 radical (unpaired) electrons. The Morgan fingerprint density at radius 1 is 0.955 bits per heavy atom. The maximum atomic E-state index is 12.5. The van der Waals surface area contributed by atoms with Crippen molar-refractivity contribution in [1.29, 1.82) is 0 Å². The molecule has 0 fully saturated rings. The number of aliphatic carboxylic acids is 1.